The third-order valence-electron chi connectivity index (χ3n) is 1.87. The fourth-order valence-electron chi connectivity index (χ4n) is 1.10. The van der Waals surface area contributed by atoms with Gasteiger partial charge < -0.3 is 9.72 Å². The molecule has 0 atom stereocenters. The molecular formula is C10H5BrClFN2O2. The van der Waals surface area contributed by atoms with Gasteiger partial charge in [0.15, 0.2) is 16.6 Å². The van der Waals surface area contributed by atoms with Crippen molar-refractivity contribution in [3.05, 3.63) is 50.2 Å². The summed E-state index contributed by atoms with van der Waals surface area (Å²) in [5.41, 5.74) is -0.547. The largest absolute Gasteiger partial charge is 0.434 e. The second-order valence-electron chi connectivity index (χ2n) is 3.03. The van der Waals surface area contributed by atoms with Crippen LogP contribution in [0.15, 0.2) is 33.8 Å². The molecule has 17 heavy (non-hydrogen) atoms. The van der Waals surface area contributed by atoms with Crippen molar-refractivity contribution in [2.24, 2.45) is 0 Å². The normalized spacial score (nSPS) is 10.3. The predicted octanol–water partition coefficient (Wildman–Crippen LogP) is 3.12. The van der Waals surface area contributed by atoms with Gasteiger partial charge in [-0.05, 0) is 18.2 Å². The number of benzene rings is 1. The molecule has 0 bridgehead atoms. The zero-order valence-corrected chi connectivity index (χ0v) is 10.5. The molecular weight excluding hydrogens is 314 g/mol. The Hall–Kier alpha value is -1.40. The molecule has 4 nitrogen and oxygen atoms in total. The molecule has 0 saturated carbocycles. The zero-order valence-electron chi connectivity index (χ0n) is 8.21. The maximum Gasteiger partial charge on any atom is 0.273 e. The van der Waals surface area contributed by atoms with Crippen molar-refractivity contribution in [3.63, 3.8) is 0 Å². The highest BCUT2D eigenvalue weighted by Gasteiger charge is 2.11. The van der Waals surface area contributed by atoms with Gasteiger partial charge in [-0.25, -0.2) is 9.37 Å². The summed E-state index contributed by atoms with van der Waals surface area (Å²) in [5.74, 6) is -0.789. The van der Waals surface area contributed by atoms with Crippen molar-refractivity contribution in [2.45, 2.75) is 0 Å². The lowest BCUT2D eigenvalue weighted by atomic mass is 10.3. The fraction of sp³-hybridized carbons (Fsp3) is 0. The molecule has 1 N–H and O–H groups in total. The Kier molecular flexibility index (Phi) is 3.44. The minimum atomic E-state index is -0.586. The van der Waals surface area contributed by atoms with E-state index in [0.717, 1.165) is 6.33 Å². The summed E-state index contributed by atoms with van der Waals surface area (Å²) < 4.78 is 19.1. The van der Waals surface area contributed by atoms with Gasteiger partial charge >= 0.3 is 0 Å². The van der Waals surface area contributed by atoms with Crippen LogP contribution in [-0.4, -0.2) is 9.97 Å². The molecule has 0 spiro atoms. The Morgan fingerprint density at radius 2 is 2.24 bits per heavy atom. The molecule has 1 aromatic carbocycles. The second-order valence-corrected chi connectivity index (χ2v) is 4.32. The van der Waals surface area contributed by atoms with Gasteiger partial charge in [0, 0.05) is 4.47 Å². The first kappa shape index (κ1) is 12.1. The summed E-state index contributed by atoms with van der Waals surface area (Å²) in [6, 6.07) is 4.23. The van der Waals surface area contributed by atoms with Gasteiger partial charge in [0.05, 0.1) is 6.33 Å². The van der Waals surface area contributed by atoms with Crippen LogP contribution in [-0.2, 0) is 0 Å². The molecule has 2 aromatic rings. The highest BCUT2D eigenvalue weighted by molar-refractivity contribution is 9.10. The molecule has 0 radical (unpaired) electrons. The Labute approximate surface area is 109 Å². The van der Waals surface area contributed by atoms with Crippen molar-refractivity contribution >= 4 is 27.5 Å². The van der Waals surface area contributed by atoms with Crippen LogP contribution in [0.5, 0.6) is 11.6 Å². The number of nitrogens with zero attached hydrogens (tertiary/aromatic N) is 1. The number of rotatable bonds is 2. The number of aromatic amines is 1. The predicted molar refractivity (Wildman–Crippen MR) is 64.0 cm³/mol. The molecule has 0 unspecified atom stereocenters. The number of H-pyrrole nitrogens is 1. The van der Waals surface area contributed by atoms with E-state index >= 15 is 0 Å². The Balaban J connectivity index is 2.38. The number of ether oxygens (including phenoxy) is 1. The summed E-state index contributed by atoms with van der Waals surface area (Å²) in [4.78, 5) is 17.1. The maximum absolute atomic E-state index is 13.5. The topological polar surface area (TPSA) is 55.0 Å². The van der Waals surface area contributed by atoms with Crippen LogP contribution in [0.3, 0.4) is 0 Å². The quantitative estimate of drug-likeness (QED) is 0.925. The smallest absolute Gasteiger partial charge is 0.273 e. The van der Waals surface area contributed by atoms with Gasteiger partial charge in [0.2, 0.25) is 5.88 Å². The van der Waals surface area contributed by atoms with E-state index in [9.17, 15) is 9.18 Å². The van der Waals surface area contributed by atoms with E-state index in [4.69, 9.17) is 16.3 Å². The Morgan fingerprint density at radius 3 is 2.94 bits per heavy atom. The van der Waals surface area contributed by atoms with Crippen LogP contribution in [0.4, 0.5) is 4.39 Å². The van der Waals surface area contributed by atoms with Crippen LogP contribution in [0.25, 0.3) is 0 Å². The number of halogens is 3. The number of aromatic nitrogens is 2. The van der Waals surface area contributed by atoms with Crippen LogP contribution in [0, 0.1) is 5.82 Å². The van der Waals surface area contributed by atoms with E-state index in [0.29, 0.717) is 4.47 Å². The average Bonchev–Trinajstić information content (AvgIpc) is 2.28. The highest BCUT2D eigenvalue weighted by Crippen LogP contribution is 2.27. The van der Waals surface area contributed by atoms with Crippen molar-refractivity contribution in [1.82, 2.24) is 9.97 Å². The van der Waals surface area contributed by atoms with Gasteiger partial charge in [-0.2, -0.15) is 0 Å². The molecule has 0 saturated heterocycles. The van der Waals surface area contributed by atoms with Crippen LogP contribution >= 0.6 is 27.5 Å². The molecule has 0 fully saturated rings. The SMILES string of the molecule is O=c1[nH]cnc(Oc2ccc(Br)cc2F)c1Cl. The van der Waals surface area contributed by atoms with E-state index in [2.05, 4.69) is 25.9 Å². The molecule has 0 amide bonds. The van der Waals surface area contributed by atoms with Crippen molar-refractivity contribution in [2.75, 3.05) is 0 Å². The van der Waals surface area contributed by atoms with E-state index < -0.39 is 11.4 Å². The van der Waals surface area contributed by atoms with Crippen molar-refractivity contribution in [3.8, 4) is 11.6 Å². The summed E-state index contributed by atoms with van der Waals surface area (Å²) in [6.45, 7) is 0. The van der Waals surface area contributed by atoms with E-state index in [1.807, 2.05) is 0 Å². The monoisotopic (exact) mass is 318 g/mol. The summed E-state index contributed by atoms with van der Waals surface area (Å²) >= 11 is 8.78. The van der Waals surface area contributed by atoms with Crippen LogP contribution in [0.1, 0.15) is 0 Å². The van der Waals surface area contributed by atoms with Gasteiger partial charge in [0.25, 0.3) is 5.56 Å². The first-order valence-corrected chi connectivity index (χ1v) is 5.61. The molecule has 0 aliphatic heterocycles. The molecule has 0 aliphatic carbocycles. The lowest BCUT2D eigenvalue weighted by Gasteiger charge is -2.06. The fourth-order valence-corrected chi connectivity index (χ4v) is 1.58. The van der Waals surface area contributed by atoms with E-state index in [-0.39, 0.29) is 16.7 Å². The number of nitrogens with one attached hydrogen (secondary N) is 1. The van der Waals surface area contributed by atoms with Crippen LogP contribution < -0.4 is 10.3 Å². The lowest BCUT2D eigenvalue weighted by Crippen LogP contribution is -2.08. The first-order valence-electron chi connectivity index (χ1n) is 4.44. The van der Waals surface area contributed by atoms with Crippen molar-refractivity contribution in [1.29, 1.82) is 0 Å². The van der Waals surface area contributed by atoms with Gasteiger partial charge in [0.1, 0.15) is 0 Å². The summed E-state index contributed by atoms with van der Waals surface area (Å²) in [6.07, 6.45) is 1.13. The minimum absolute atomic E-state index is 0.0619. The third-order valence-corrected chi connectivity index (χ3v) is 2.69. The maximum atomic E-state index is 13.5. The molecule has 1 aromatic heterocycles. The molecule has 0 aliphatic rings. The van der Waals surface area contributed by atoms with Crippen LogP contribution in [0.2, 0.25) is 5.02 Å². The highest BCUT2D eigenvalue weighted by atomic mass is 79.9. The summed E-state index contributed by atoms with van der Waals surface area (Å²) in [5, 5.41) is -0.227. The van der Waals surface area contributed by atoms with Gasteiger partial charge in [-0.3, -0.25) is 4.79 Å². The second kappa shape index (κ2) is 4.85. The Bertz CT molecular complexity index is 617. The number of hydrogen-bond acceptors (Lipinski definition) is 3. The standard InChI is InChI=1S/C10H5BrClFN2O2/c11-5-1-2-7(6(13)3-5)17-10-8(12)9(16)14-4-15-10/h1-4H,(H,14,15,16). The molecule has 2 rings (SSSR count). The van der Waals surface area contributed by atoms with Gasteiger partial charge in [-0.15, -0.1) is 0 Å². The van der Waals surface area contributed by atoms with Crippen molar-refractivity contribution < 1.29 is 9.13 Å². The van der Waals surface area contributed by atoms with Gasteiger partial charge in [-0.1, -0.05) is 27.5 Å². The summed E-state index contributed by atoms with van der Waals surface area (Å²) in [7, 11) is 0. The molecule has 1 heterocycles. The Morgan fingerprint density at radius 1 is 1.47 bits per heavy atom. The first-order chi connectivity index (χ1) is 8.08. The lowest BCUT2D eigenvalue weighted by molar-refractivity contribution is 0.426. The minimum Gasteiger partial charge on any atom is -0.434 e. The number of hydrogen-bond donors (Lipinski definition) is 1. The van der Waals surface area contributed by atoms with E-state index in [1.165, 1.54) is 12.1 Å². The third kappa shape index (κ3) is 2.65. The molecule has 7 heteroatoms. The zero-order chi connectivity index (χ0) is 12.4. The van der Waals surface area contributed by atoms with E-state index in [1.54, 1.807) is 6.07 Å². The molecule has 88 valence electrons. The average molecular weight is 320 g/mol.